The van der Waals surface area contributed by atoms with Gasteiger partial charge in [-0.1, -0.05) is 0 Å². The number of hydrogen-bond donors (Lipinski definition) is 1. The minimum Gasteiger partial charge on any atom is -0.337 e. The summed E-state index contributed by atoms with van der Waals surface area (Å²) in [6.45, 7) is 0. The lowest BCUT2D eigenvalue weighted by molar-refractivity contribution is 0.629. The molecule has 84 valence electrons. The van der Waals surface area contributed by atoms with Gasteiger partial charge in [0.1, 0.15) is 11.5 Å². The largest absolute Gasteiger partial charge is 0.337 e. The van der Waals surface area contributed by atoms with Crippen molar-refractivity contribution >= 4 is 27.0 Å². The highest BCUT2D eigenvalue weighted by Crippen LogP contribution is 2.25. The molecule has 0 unspecified atom stereocenters. The van der Waals surface area contributed by atoms with E-state index in [2.05, 4.69) is 30.9 Å². The predicted octanol–water partition coefficient (Wildman–Crippen LogP) is 3.53. The smallest absolute Gasteiger partial charge is 0.158 e. The van der Waals surface area contributed by atoms with Crippen LogP contribution in [0, 0.1) is 5.82 Å². The number of imidazole rings is 1. The number of hydrogen-bond acceptors (Lipinski definition) is 2. The molecule has 0 saturated carbocycles. The summed E-state index contributed by atoms with van der Waals surface area (Å²) in [5.74, 6) is 0.339. The van der Waals surface area contributed by atoms with Gasteiger partial charge in [-0.05, 0) is 46.3 Å². The van der Waals surface area contributed by atoms with Crippen LogP contribution in [0.4, 0.5) is 4.39 Å². The maximum absolute atomic E-state index is 13.1. The highest BCUT2D eigenvalue weighted by molar-refractivity contribution is 9.10. The fraction of sp³-hybridized carbons (Fsp3) is 0. The van der Waals surface area contributed by atoms with Crippen LogP contribution in [0.25, 0.3) is 22.6 Å². The lowest BCUT2D eigenvalue weighted by atomic mass is 10.3. The molecule has 0 aliphatic heterocycles. The molecule has 1 N–H and O–H groups in total. The highest BCUT2D eigenvalue weighted by Gasteiger charge is 2.09. The van der Waals surface area contributed by atoms with Crippen LogP contribution in [0.2, 0.25) is 0 Å². The molecule has 0 atom stereocenters. The van der Waals surface area contributed by atoms with E-state index in [0.717, 1.165) is 9.99 Å². The number of nitrogens with zero attached hydrogens (tertiary/aromatic N) is 2. The van der Waals surface area contributed by atoms with E-state index in [1.54, 1.807) is 12.3 Å². The Morgan fingerprint density at radius 3 is 2.94 bits per heavy atom. The summed E-state index contributed by atoms with van der Waals surface area (Å²) in [4.78, 5) is 11.7. The Morgan fingerprint density at radius 2 is 2.12 bits per heavy atom. The van der Waals surface area contributed by atoms with Gasteiger partial charge in [-0.15, -0.1) is 0 Å². The maximum atomic E-state index is 13.1. The monoisotopic (exact) mass is 291 g/mol. The summed E-state index contributed by atoms with van der Waals surface area (Å²) in [6.07, 6.45) is 1.69. The van der Waals surface area contributed by atoms with Crippen LogP contribution in [-0.2, 0) is 0 Å². The van der Waals surface area contributed by atoms with Crippen molar-refractivity contribution in [3.05, 3.63) is 46.8 Å². The predicted molar refractivity (Wildman–Crippen MR) is 67.0 cm³/mol. The molecule has 3 nitrogen and oxygen atoms in total. The van der Waals surface area contributed by atoms with Gasteiger partial charge in [-0.25, -0.2) is 9.37 Å². The standard InChI is InChI=1S/C12H7BrFN3/c13-8-2-1-5-15-11(8)12-16-9-4-3-7(14)6-10(9)17-12/h1-6H,(H,16,17). The number of benzene rings is 1. The van der Waals surface area contributed by atoms with E-state index in [9.17, 15) is 4.39 Å². The number of fused-ring (bicyclic) bond motifs is 1. The zero-order valence-electron chi connectivity index (χ0n) is 8.61. The second-order valence-corrected chi connectivity index (χ2v) is 4.44. The van der Waals surface area contributed by atoms with Crippen LogP contribution in [-0.4, -0.2) is 15.0 Å². The Balaban J connectivity index is 2.22. The SMILES string of the molecule is Fc1ccc2nc(-c3ncccc3Br)[nH]c2c1. The van der Waals surface area contributed by atoms with Gasteiger partial charge < -0.3 is 4.98 Å². The fourth-order valence-corrected chi connectivity index (χ4v) is 2.10. The van der Waals surface area contributed by atoms with Crippen molar-refractivity contribution in [3.63, 3.8) is 0 Å². The van der Waals surface area contributed by atoms with E-state index >= 15 is 0 Å². The molecule has 0 aliphatic rings. The lowest BCUT2D eigenvalue weighted by Crippen LogP contribution is -1.85. The zero-order valence-corrected chi connectivity index (χ0v) is 10.2. The number of aromatic nitrogens is 3. The van der Waals surface area contributed by atoms with Gasteiger partial charge in [0.05, 0.1) is 11.0 Å². The number of nitrogens with one attached hydrogen (secondary N) is 1. The van der Waals surface area contributed by atoms with Crippen LogP contribution in [0.15, 0.2) is 41.0 Å². The second kappa shape index (κ2) is 3.92. The number of rotatable bonds is 1. The van der Waals surface area contributed by atoms with Gasteiger partial charge in [0, 0.05) is 10.7 Å². The topological polar surface area (TPSA) is 41.6 Å². The van der Waals surface area contributed by atoms with E-state index in [4.69, 9.17) is 0 Å². The van der Waals surface area contributed by atoms with Gasteiger partial charge in [0.15, 0.2) is 5.82 Å². The van der Waals surface area contributed by atoms with Crippen molar-refractivity contribution in [2.45, 2.75) is 0 Å². The van der Waals surface area contributed by atoms with E-state index in [-0.39, 0.29) is 5.82 Å². The molecule has 0 aliphatic carbocycles. The molecule has 0 saturated heterocycles. The molecule has 3 aromatic rings. The van der Waals surface area contributed by atoms with Gasteiger partial charge in [-0.3, -0.25) is 4.98 Å². The third-order valence-corrected chi connectivity index (χ3v) is 3.07. The van der Waals surface area contributed by atoms with Crippen molar-refractivity contribution in [1.82, 2.24) is 15.0 Å². The first kappa shape index (κ1) is 10.4. The third kappa shape index (κ3) is 1.82. The van der Waals surface area contributed by atoms with Gasteiger partial charge in [0.25, 0.3) is 0 Å². The first-order valence-corrected chi connectivity index (χ1v) is 5.79. The molecule has 0 radical (unpaired) electrons. The molecule has 0 spiro atoms. The number of pyridine rings is 1. The van der Waals surface area contributed by atoms with E-state index < -0.39 is 0 Å². The van der Waals surface area contributed by atoms with Crippen LogP contribution in [0.3, 0.4) is 0 Å². The van der Waals surface area contributed by atoms with E-state index in [0.29, 0.717) is 17.0 Å². The number of H-pyrrole nitrogens is 1. The zero-order chi connectivity index (χ0) is 11.8. The van der Waals surface area contributed by atoms with E-state index in [1.165, 1.54) is 12.1 Å². The molecule has 0 bridgehead atoms. The minimum atomic E-state index is -0.284. The molecule has 0 fully saturated rings. The molecule has 2 heterocycles. The minimum absolute atomic E-state index is 0.284. The van der Waals surface area contributed by atoms with Crippen LogP contribution < -0.4 is 0 Å². The molecule has 17 heavy (non-hydrogen) atoms. The number of halogens is 2. The van der Waals surface area contributed by atoms with Gasteiger partial charge in [0.2, 0.25) is 0 Å². The maximum Gasteiger partial charge on any atom is 0.158 e. The van der Waals surface area contributed by atoms with Crippen LogP contribution in [0.1, 0.15) is 0 Å². The Kier molecular flexibility index (Phi) is 2.40. The van der Waals surface area contributed by atoms with Crippen LogP contribution in [0.5, 0.6) is 0 Å². The summed E-state index contributed by atoms with van der Waals surface area (Å²) >= 11 is 3.41. The van der Waals surface area contributed by atoms with E-state index in [1.807, 2.05) is 12.1 Å². The van der Waals surface area contributed by atoms with Crippen molar-refractivity contribution in [2.24, 2.45) is 0 Å². The van der Waals surface area contributed by atoms with Crippen molar-refractivity contribution < 1.29 is 4.39 Å². The molecule has 0 amide bonds. The molecule has 3 rings (SSSR count). The van der Waals surface area contributed by atoms with Crippen molar-refractivity contribution in [2.75, 3.05) is 0 Å². The summed E-state index contributed by atoms with van der Waals surface area (Å²) in [6, 6.07) is 8.16. The molecule has 5 heteroatoms. The lowest BCUT2D eigenvalue weighted by Gasteiger charge is -1.97. The van der Waals surface area contributed by atoms with Gasteiger partial charge >= 0.3 is 0 Å². The first-order chi connectivity index (χ1) is 8.24. The van der Waals surface area contributed by atoms with Gasteiger partial charge in [-0.2, -0.15) is 0 Å². The average molecular weight is 292 g/mol. The van der Waals surface area contributed by atoms with Crippen molar-refractivity contribution in [1.29, 1.82) is 0 Å². The highest BCUT2D eigenvalue weighted by atomic mass is 79.9. The Bertz CT molecular complexity index is 693. The summed E-state index contributed by atoms with van der Waals surface area (Å²) in [5.41, 5.74) is 2.10. The first-order valence-electron chi connectivity index (χ1n) is 5.00. The summed E-state index contributed by atoms with van der Waals surface area (Å²) < 4.78 is 13.9. The molecular formula is C12H7BrFN3. The fourth-order valence-electron chi connectivity index (χ4n) is 1.65. The quantitative estimate of drug-likeness (QED) is 0.745. The third-order valence-electron chi connectivity index (χ3n) is 2.43. The summed E-state index contributed by atoms with van der Waals surface area (Å²) in [7, 11) is 0. The Hall–Kier alpha value is -1.75. The molecular weight excluding hydrogens is 285 g/mol. The van der Waals surface area contributed by atoms with Crippen LogP contribution >= 0.6 is 15.9 Å². The molecule has 2 aromatic heterocycles. The second-order valence-electron chi connectivity index (χ2n) is 3.58. The Labute approximate surface area is 105 Å². The summed E-state index contributed by atoms with van der Waals surface area (Å²) in [5, 5.41) is 0. The normalized spacial score (nSPS) is 10.9. The number of aromatic amines is 1. The average Bonchev–Trinajstić information content (AvgIpc) is 2.72. The molecule has 1 aromatic carbocycles. The Morgan fingerprint density at radius 1 is 1.24 bits per heavy atom. The van der Waals surface area contributed by atoms with Crippen molar-refractivity contribution in [3.8, 4) is 11.5 Å².